The van der Waals surface area contributed by atoms with Crippen molar-refractivity contribution in [3.8, 4) is 0 Å². The van der Waals surface area contributed by atoms with Crippen molar-refractivity contribution < 1.29 is 4.74 Å². The standard InChI is InChI=1S/C15H19N3O/c16-15-12-4-1-8-17-13(12)5-6-14(15)18-9-7-11-3-2-10-19-11/h1,4-6,8,11,18H,2-3,7,9-10,16H2. The van der Waals surface area contributed by atoms with E-state index in [0.717, 1.165) is 41.9 Å². The van der Waals surface area contributed by atoms with Crippen molar-refractivity contribution in [1.29, 1.82) is 0 Å². The topological polar surface area (TPSA) is 60.2 Å². The molecule has 0 aliphatic carbocycles. The number of benzene rings is 1. The molecule has 1 aliphatic heterocycles. The summed E-state index contributed by atoms with van der Waals surface area (Å²) in [6.07, 6.45) is 5.60. The van der Waals surface area contributed by atoms with Gasteiger partial charge in [0, 0.05) is 24.7 Å². The third-order valence-corrected chi connectivity index (χ3v) is 3.63. The number of nitrogens with zero attached hydrogens (tertiary/aromatic N) is 1. The second kappa shape index (κ2) is 5.45. The lowest BCUT2D eigenvalue weighted by Crippen LogP contribution is -2.13. The van der Waals surface area contributed by atoms with E-state index in [4.69, 9.17) is 10.5 Å². The van der Waals surface area contributed by atoms with Gasteiger partial charge in [-0.05, 0) is 43.5 Å². The summed E-state index contributed by atoms with van der Waals surface area (Å²) in [5.74, 6) is 0. The van der Waals surface area contributed by atoms with Crippen LogP contribution < -0.4 is 11.1 Å². The minimum absolute atomic E-state index is 0.413. The summed E-state index contributed by atoms with van der Waals surface area (Å²) in [4.78, 5) is 4.30. The third-order valence-electron chi connectivity index (χ3n) is 3.63. The van der Waals surface area contributed by atoms with E-state index in [9.17, 15) is 0 Å². The van der Waals surface area contributed by atoms with Crippen molar-refractivity contribution >= 4 is 22.3 Å². The smallest absolute Gasteiger partial charge is 0.0724 e. The summed E-state index contributed by atoms with van der Waals surface area (Å²) in [6.45, 7) is 1.80. The van der Waals surface area contributed by atoms with Gasteiger partial charge in [0.2, 0.25) is 0 Å². The lowest BCUT2D eigenvalue weighted by atomic mass is 10.1. The van der Waals surface area contributed by atoms with Crippen LogP contribution in [0.25, 0.3) is 10.9 Å². The van der Waals surface area contributed by atoms with Crippen molar-refractivity contribution in [3.63, 3.8) is 0 Å². The molecule has 1 aromatic carbocycles. The van der Waals surface area contributed by atoms with Crippen LogP contribution >= 0.6 is 0 Å². The minimum atomic E-state index is 0.413. The van der Waals surface area contributed by atoms with Crippen LogP contribution in [-0.4, -0.2) is 24.2 Å². The molecule has 2 aromatic rings. The summed E-state index contributed by atoms with van der Waals surface area (Å²) in [5, 5.41) is 4.40. The quantitative estimate of drug-likeness (QED) is 0.827. The molecule has 2 heterocycles. The molecule has 1 unspecified atom stereocenters. The number of nitrogen functional groups attached to an aromatic ring is 1. The normalized spacial score (nSPS) is 18.8. The molecule has 0 spiro atoms. The molecule has 0 radical (unpaired) electrons. The van der Waals surface area contributed by atoms with Crippen LogP contribution in [0.15, 0.2) is 30.5 Å². The van der Waals surface area contributed by atoms with Crippen molar-refractivity contribution in [2.24, 2.45) is 0 Å². The second-order valence-electron chi connectivity index (χ2n) is 4.95. The van der Waals surface area contributed by atoms with Crippen LogP contribution in [0.2, 0.25) is 0 Å². The van der Waals surface area contributed by atoms with Crippen LogP contribution in [0, 0.1) is 0 Å². The Morgan fingerprint density at radius 3 is 3.16 bits per heavy atom. The fourth-order valence-electron chi connectivity index (χ4n) is 2.57. The van der Waals surface area contributed by atoms with E-state index in [0.29, 0.717) is 6.10 Å². The Labute approximate surface area is 113 Å². The highest BCUT2D eigenvalue weighted by Crippen LogP contribution is 2.27. The van der Waals surface area contributed by atoms with Crippen LogP contribution in [-0.2, 0) is 4.74 Å². The fourth-order valence-corrected chi connectivity index (χ4v) is 2.57. The molecule has 4 nitrogen and oxygen atoms in total. The van der Waals surface area contributed by atoms with Gasteiger partial charge in [0.25, 0.3) is 0 Å². The molecule has 1 saturated heterocycles. The highest BCUT2D eigenvalue weighted by atomic mass is 16.5. The van der Waals surface area contributed by atoms with Gasteiger partial charge in [0.1, 0.15) is 0 Å². The maximum Gasteiger partial charge on any atom is 0.0724 e. The molecule has 0 bridgehead atoms. The third kappa shape index (κ3) is 2.63. The summed E-state index contributed by atoms with van der Waals surface area (Å²) in [7, 11) is 0. The average Bonchev–Trinajstić information content (AvgIpc) is 2.95. The van der Waals surface area contributed by atoms with Crippen molar-refractivity contribution in [1.82, 2.24) is 4.98 Å². The zero-order valence-corrected chi connectivity index (χ0v) is 10.9. The monoisotopic (exact) mass is 257 g/mol. The number of ether oxygens (including phenoxy) is 1. The molecule has 3 N–H and O–H groups in total. The second-order valence-corrected chi connectivity index (χ2v) is 4.95. The molecule has 1 fully saturated rings. The van der Waals surface area contributed by atoms with E-state index in [-0.39, 0.29) is 0 Å². The molecule has 1 aliphatic rings. The molecular weight excluding hydrogens is 238 g/mol. The predicted molar refractivity (Wildman–Crippen MR) is 78.2 cm³/mol. The number of hydrogen-bond donors (Lipinski definition) is 2. The Bertz CT molecular complexity index is 564. The first-order valence-corrected chi connectivity index (χ1v) is 6.83. The first kappa shape index (κ1) is 12.2. The Kier molecular flexibility index (Phi) is 3.51. The molecular formula is C15H19N3O. The molecule has 1 atom stereocenters. The van der Waals surface area contributed by atoms with Gasteiger partial charge in [-0.15, -0.1) is 0 Å². The molecule has 4 heteroatoms. The van der Waals surface area contributed by atoms with E-state index in [2.05, 4.69) is 10.3 Å². The molecule has 100 valence electrons. The van der Waals surface area contributed by atoms with Crippen LogP contribution in [0.3, 0.4) is 0 Å². The lowest BCUT2D eigenvalue weighted by Gasteiger charge is -2.13. The average molecular weight is 257 g/mol. The van der Waals surface area contributed by atoms with E-state index < -0.39 is 0 Å². The van der Waals surface area contributed by atoms with Gasteiger partial charge in [-0.1, -0.05) is 0 Å². The first-order valence-electron chi connectivity index (χ1n) is 6.83. The summed E-state index contributed by atoms with van der Waals surface area (Å²) in [5.41, 5.74) is 8.87. The molecule has 0 amide bonds. The van der Waals surface area contributed by atoms with Crippen LogP contribution in [0.4, 0.5) is 11.4 Å². The SMILES string of the molecule is Nc1c(NCCC2CCCO2)ccc2ncccc12. The summed E-state index contributed by atoms with van der Waals surface area (Å²) < 4.78 is 5.61. The number of anilines is 2. The zero-order valence-electron chi connectivity index (χ0n) is 10.9. The van der Waals surface area contributed by atoms with E-state index in [1.807, 2.05) is 24.3 Å². The largest absolute Gasteiger partial charge is 0.397 e. The predicted octanol–water partition coefficient (Wildman–Crippen LogP) is 2.80. The van der Waals surface area contributed by atoms with E-state index in [1.54, 1.807) is 6.20 Å². The maximum absolute atomic E-state index is 6.18. The summed E-state index contributed by atoms with van der Waals surface area (Å²) in [6, 6.07) is 7.91. The Morgan fingerprint density at radius 1 is 1.37 bits per heavy atom. The van der Waals surface area contributed by atoms with Crippen molar-refractivity contribution in [3.05, 3.63) is 30.5 Å². The fraction of sp³-hybridized carbons (Fsp3) is 0.400. The number of nitrogens with two attached hydrogens (primary N) is 1. The highest BCUT2D eigenvalue weighted by Gasteiger charge is 2.14. The van der Waals surface area contributed by atoms with E-state index >= 15 is 0 Å². The Hall–Kier alpha value is -1.81. The number of aromatic nitrogens is 1. The van der Waals surface area contributed by atoms with Crippen LogP contribution in [0.5, 0.6) is 0 Å². The first-order chi connectivity index (χ1) is 9.34. The van der Waals surface area contributed by atoms with Gasteiger partial charge >= 0.3 is 0 Å². The van der Waals surface area contributed by atoms with E-state index in [1.165, 1.54) is 12.8 Å². The number of pyridine rings is 1. The molecule has 19 heavy (non-hydrogen) atoms. The summed E-state index contributed by atoms with van der Waals surface area (Å²) >= 11 is 0. The molecule has 0 saturated carbocycles. The molecule has 3 rings (SSSR count). The van der Waals surface area contributed by atoms with Crippen LogP contribution in [0.1, 0.15) is 19.3 Å². The van der Waals surface area contributed by atoms with Crippen molar-refractivity contribution in [2.75, 3.05) is 24.2 Å². The van der Waals surface area contributed by atoms with Gasteiger partial charge in [0.05, 0.1) is 23.0 Å². The van der Waals surface area contributed by atoms with Gasteiger partial charge in [-0.3, -0.25) is 4.98 Å². The van der Waals surface area contributed by atoms with Gasteiger partial charge in [-0.25, -0.2) is 0 Å². The highest BCUT2D eigenvalue weighted by molar-refractivity contribution is 5.96. The number of fused-ring (bicyclic) bond motifs is 1. The zero-order chi connectivity index (χ0) is 13.1. The van der Waals surface area contributed by atoms with Gasteiger partial charge in [-0.2, -0.15) is 0 Å². The van der Waals surface area contributed by atoms with Gasteiger partial charge < -0.3 is 15.8 Å². The molecule has 1 aromatic heterocycles. The Balaban J connectivity index is 1.68. The minimum Gasteiger partial charge on any atom is -0.397 e. The maximum atomic E-state index is 6.18. The number of hydrogen-bond acceptors (Lipinski definition) is 4. The number of rotatable bonds is 4. The van der Waals surface area contributed by atoms with Gasteiger partial charge in [0.15, 0.2) is 0 Å². The van der Waals surface area contributed by atoms with Crippen molar-refractivity contribution in [2.45, 2.75) is 25.4 Å². The lowest BCUT2D eigenvalue weighted by molar-refractivity contribution is 0.107. The Morgan fingerprint density at radius 2 is 2.32 bits per heavy atom. The number of nitrogens with one attached hydrogen (secondary N) is 1.